The first-order valence-electron chi connectivity index (χ1n) is 10.3. The van der Waals surface area contributed by atoms with Crippen LogP contribution in [0.25, 0.3) is 22.3 Å². The summed E-state index contributed by atoms with van der Waals surface area (Å²) in [6.45, 7) is 0. The number of rotatable bonds is 3. The molecule has 0 saturated heterocycles. The van der Waals surface area contributed by atoms with E-state index in [0.29, 0.717) is 0 Å². The van der Waals surface area contributed by atoms with E-state index in [4.69, 9.17) is 0 Å². The van der Waals surface area contributed by atoms with E-state index >= 15 is 0 Å². The Bertz CT molecular complexity index is 1130. The maximum absolute atomic E-state index is 2.34. The molecule has 0 aromatic heterocycles. The first-order valence-corrected chi connectivity index (χ1v) is 10.3. The van der Waals surface area contributed by atoms with Crippen LogP contribution in [0.4, 0.5) is 0 Å². The van der Waals surface area contributed by atoms with Crippen LogP contribution in [0.15, 0.2) is 84.9 Å². The molecule has 0 amide bonds. The van der Waals surface area contributed by atoms with Crippen LogP contribution >= 0.6 is 0 Å². The Kier molecular flexibility index (Phi) is 7.63. The molecule has 2 aliphatic rings. The molecular weight excluding hydrogens is 586 g/mol. The van der Waals surface area contributed by atoms with Gasteiger partial charge in [-0.1, -0.05) is 84.9 Å². The van der Waals surface area contributed by atoms with Crippen LogP contribution in [-0.4, -0.2) is 0 Å². The van der Waals surface area contributed by atoms with Gasteiger partial charge in [-0.25, -0.2) is 0 Å². The van der Waals surface area contributed by atoms with Crippen molar-refractivity contribution in [1.29, 1.82) is 0 Å². The van der Waals surface area contributed by atoms with Crippen LogP contribution in [0.3, 0.4) is 0 Å². The van der Waals surface area contributed by atoms with Gasteiger partial charge in [0.1, 0.15) is 0 Å². The second-order valence-electron chi connectivity index (χ2n) is 8.05. The number of halogens is 2. The van der Waals surface area contributed by atoms with E-state index in [0.717, 1.165) is 25.7 Å². The molecule has 0 bridgehead atoms. The summed E-state index contributed by atoms with van der Waals surface area (Å²) in [6.07, 6.45) is 4.40. The Hall–Kier alpha value is -1.67. The van der Waals surface area contributed by atoms with Crippen LogP contribution in [0, 0.1) is 0 Å². The van der Waals surface area contributed by atoms with Gasteiger partial charge in [0.25, 0.3) is 0 Å². The van der Waals surface area contributed by atoms with Crippen molar-refractivity contribution in [3.05, 3.63) is 118 Å². The van der Waals surface area contributed by atoms with Crippen molar-refractivity contribution in [3.63, 3.8) is 0 Å². The van der Waals surface area contributed by atoms with Gasteiger partial charge in [-0.3, -0.25) is 0 Å². The summed E-state index contributed by atoms with van der Waals surface area (Å²) >= 11 is 0. The minimum atomic E-state index is 0. The number of fused-ring (bicyclic) bond motifs is 6. The molecule has 2 aliphatic carbocycles. The molecule has 0 unspecified atom stereocenters. The minimum Gasteiger partial charge on any atom is -1.00 e. The molecule has 4 aromatic carbocycles. The summed E-state index contributed by atoms with van der Waals surface area (Å²) in [5.74, 6) is 0. The van der Waals surface area contributed by atoms with E-state index in [-0.39, 0.29) is 50.7 Å². The summed E-state index contributed by atoms with van der Waals surface area (Å²) < 4.78 is 0. The zero-order valence-corrected chi connectivity index (χ0v) is 22.3. The van der Waals surface area contributed by atoms with Crippen molar-refractivity contribution in [2.75, 3.05) is 0 Å². The molecule has 0 saturated carbocycles. The topological polar surface area (TPSA) is 0 Å². The van der Waals surface area contributed by atoms with Gasteiger partial charge in [-0.05, 0) is 81.3 Å². The predicted molar refractivity (Wildman–Crippen MR) is 117 cm³/mol. The van der Waals surface area contributed by atoms with Crippen LogP contribution < -0.4 is 24.8 Å². The SMILES string of the molecule is [Cl-].[Cl-].[Hf+2].c1ccc2c(c1)Cc1c(CCc3cccc4c3Cc3ccccc3-4)cccc1-2. The largest absolute Gasteiger partial charge is 2.00 e. The second-order valence-corrected chi connectivity index (χ2v) is 8.05. The summed E-state index contributed by atoms with van der Waals surface area (Å²) in [5.41, 5.74) is 14.8. The maximum Gasteiger partial charge on any atom is 2.00 e. The Morgan fingerprint density at radius 1 is 0.452 bits per heavy atom. The Morgan fingerprint density at radius 3 is 1.29 bits per heavy atom. The second kappa shape index (κ2) is 9.86. The third-order valence-electron chi connectivity index (χ3n) is 6.56. The molecule has 152 valence electrons. The van der Waals surface area contributed by atoms with E-state index in [1.165, 1.54) is 44.5 Å². The van der Waals surface area contributed by atoms with Crippen LogP contribution in [0.5, 0.6) is 0 Å². The summed E-state index contributed by atoms with van der Waals surface area (Å²) in [6, 6.07) is 31.5. The Morgan fingerprint density at radius 2 is 0.839 bits per heavy atom. The molecule has 0 heterocycles. The smallest absolute Gasteiger partial charge is 1.00 e. The molecule has 0 N–H and O–H groups in total. The van der Waals surface area contributed by atoms with Crippen molar-refractivity contribution < 1.29 is 50.7 Å². The van der Waals surface area contributed by atoms with Gasteiger partial charge in [0.05, 0.1) is 0 Å². The summed E-state index contributed by atoms with van der Waals surface area (Å²) in [7, 11) is 0. The van der Waals surface area contributed by atoms with Crippen molar-refractivity contribution in [2.24, 2.45) is 0 Å². The van der Waals surface area contributed by atoms with Gasteiger partial charge in [0, 0.05) is 0 Å². The molecule has 3 heteroatoms. The molecule has 31 heavy (non-hydrogen) atoms. The molecule has 0 radical (unpaired) electrons. The maximum atomic E-state index is 2.34. The molecule has 0 spiro atoms. The van der Waals surface area contributed by atoms with Gasteiger partial charge in [-0.15, -0.1) is 0 Å². The van der Waals surface area contributed by atoms with Crippen molar-refractivity contribution in [3.8, 4) is 22.3 Å². The normalized spacial score (nSPS) is 11.7. The summed E-state index contributed by atoms with van der Waals surface area (Å²) in [5, 5.41) is 0. The zero-order valence-electron chi connectivity index (χ0n) is 17.2. The average molecular weight is 608 g/mol. The Labute approximate surface area is 215 Å². The molecule has 0 fully saturated rings. The van der Waals surface area contributed by atoms with Gasteiger partial charge in [0.15, 0.2) is 0 Å². The minimum absolute atomic E-state index is 0. The van der Waals surface area contributed by atoms with Gasteiger partial charge in [0.2, 0.25) is 0 Å². The first-order chi connectivity index (χ1) is 13.9. The fourth-order valence-electron chi connectivity index (χ4n) is 5.18. The zero-order chi connectivity index (χ0) is 18.5. The van der Waals surface area contributed by atoms with E-state index in [1.54, 1.807) is 11.1 Å². The number of hydrogen-bond donors (Lipinski definition) is 0. The molecule has 4 aromatic rings. The molecular formula is C28H22Cl2Hf. The fraction of sp³-hybridized carbons (Fsp3) is 0.143. The van der Waals surface area contributed by atoms with Crippen LogP contribution in [-0.2, 0) is 51.5 Å². The number of hydrogen-bond acceptors (Lipinski definition) is 0. The van der Waals surface area contributed by atoms with E-state index < -0.39 is 0 Å². The van der Waals surface area contributed by atoms with Crippen molar-refractivity contribution in [2.45, 2.75) is 25.7 Å². The van der Waals surface area contributed by atoms with Crippen LogP contribution in [0.2, 0.25) is 0 Å². The molecule has 0 aliphatic heterocycles. The molecule has 0 atom stereocenters. The fourth-order valence-corrected chi connectivity index (χ4v) is 5.18. The van der Waals surface area contributed by atoms with Crippen molar-refractivity contribution >= 4 is 0 Å². The van der Waals surface area contributed by atoms with Gasteiger partial charge < -0.3 is 24.8 Å². The Balaban J connectivity index is 0.000000907. The van der Waals surface area contributed by atoms with E-state index in [2.05, 4.69) is 84.9 Å². The van der Waals surface area contributed by atoms with Gasteiger partial charge >= 0.3 is 25.8 Å². The third kappa shape index (κ3) is 4.09. The predicted octanol–water partition coefficient (Wildman–Crippen LogP) is 0.620. The molecule has 0 nitrogen and oxygen atoms in total. The first kappa shape index (κ1) is 24.0. The standard InChI is InChI=1S/C28H22.2ClH.Hf/c1-3-11-23-21(7-1)17-27-19(9-5-13-25(23)27)15-16-20-10-6-14-26-24-12-4-2-8-22(24)18-28(20)26;;;/h1-14H,15-18H2;2*1H;/q;;;+2/p-2. The monoisotopic (exact) mass is 608 g/mol. The molecule has 6 rings (SSSR count). The summed E-state index contributed by atoms with van der Waals surface area (Å²) in [4.78, 5) is 0. The van der Waals surface area contributed by atoms with Crippen molar-refractivity contribution in [1.82, 2.24) is 0 Å². The third-order valence-corrected chi connectivity index (χ3v) is 6.56. The number of benzene rings is 4. The van der Waals surface area contributed by atoms with Gasteiger partial charge in [-0.2, -0.15) is 0 Å². The van der Waals surface area contributed by atoms with Crippen LogP contribution in [0.1, 0.15) is 33.4 Å². The average Bonchev–Trinajstić information content (AvgIpc) is 3.31. The number of aryl methyl sites for hydroxylation is 2. The van der Waals surface area contributed by atoms with E-state index in [1.807, 2.05) is 0 Å². The quantitative estimate of drug-likeness (QED) is 0.259. The van der Waals surface area contributed by atoms with E-state index in [9.17, 15) is 0 Å².